The fraction of sp³-hybridized carbons (Fsp3) is 0.294. The Bertz CT molecular complexity index is 688. The molecule has 0 N–H and O–H groups in total. The Morgan fingerprint density at radius 3 is 2.45 bits per heavy atom. The second-order valence-electron chi connectivity index (χ2n) is 5.01. The molecule has 5 nitrogen and oxygen atoms in total. The van der Waals surface area contributed by atoms with Gasteiger partial charge in [0.1, 0.15) is 17.0 Å². The summed E-state index contributed by atoms with van der Waals surface area (Å²) in [6.07, 6.45) is 1.70. The second kappa shape index (κ2) is 7.45. The molecular weight excluding hydrogens is 280 g/mol. The van der Waals surface area contributed by atoms with Gasteiger partial charge < -0.3 is 9.47 Å². The lowest BCUT2D eigenvalue weighted by atomic mass is 10.3. The third-order valence-corrected chi connectivity index (χ3v) is 2.92. The molecule has 0 aliphatic carbocycles. The number of aromatic nitrogens is 1. The summed E-state index contributed by atoms with van der Waals surface area (Å²) in [6, 6.07) is 12.7. The Balaban J connectivity index is 2.09. The van der Waals surface area contributed by atoms with E-state index in [1.165, 1.54) is 4.57 Å². The van der Waals surface area contributed by atoms with E-state index in [1.54, 1.807) is 43.6 Å². The second-order valence-corrected chi connectivity index (χ2v) is 5.01. The van der Waals surface area contributed by atoms with Gasteiger partial charge in [0.05, 0.1) is 7.11 Å². The van der Waals surface area contributed by atoms with Gasteiger partial charge in [-0.05, 0) is 50.2 Å². The van der Waals surface area contributed by atoms with Crippen molar-refractivity contribution in [2.45, 2.75) is 19.9 Å². The maximum absolute atomic E-state index is 12.3. The molecule has 1 aromatic carbocycles. The van der Waals surface area contributed by atoms with Gasteiger partial charge in [-0.15, -0.1) is 0 Å². The smallest absolute Gasteiger partial charge is 0.270 e. The van der Waals surface area contributed by atoms with Crippen LogP contribution in [-0.2, 0) is 0 Å². The zero-order valence-electron chi connectivity index (χ0n) is 13.0. The van der Waals surface area contributed by atoms with Gasteiger partial charge in [-0.25, -0.2) is 0 Å². The molecule has 2 aromatic rings. The highest BCUT2D eigenvalue weighted by atomic mass is 16.5. The van der Waals surface area contributed by atoms with Gasteiger partial charge >= 0.3 is 0 Å². The van der Waals surface area contributed by atoms with E-state index in [2.05, 4.69) is 4.99 Å². The molecular formula is C17H20N2O3. The largest absolute Gasteiger partial charge is 0.497 e. The van der Waals surface area contributed by atoms with Crippen molar-refractivity contribution in [3.63, 3.8) is 0 Å². The number of hydrogen-bond donors (Lipinski definition) is 0. The molecule has 5 heteroatoms. The monoisotopic (exact) mass is 300 g/mol. The molecule has 0 radical (unpaired) electrons. The van der Waals surface area contributed by atoms with Crippen LogP contribution in [-0.4, -0.2) is 30.2 Å². The molecule has 116 valence electrons. The number of carbonyl (C=O) groups excluding carboxylic acids is 1. The van der Waals surface area contributed by atoms with E-state index >= 15 is 0 Å². The maximum atomic E-state index is 12.3. The Morgan fingerprint density at radius 1 is 1.14 bits per heavy atom. The Labute approximate surface area is 129 Å². The lowest BCUT2D eigenvalue weighted by molar-refractivity contribution is 0.0831. The summed E-state index contributed by atoms with van der Waals surface area (Å²) in [6.45, 7) is 3.88. The maximum Gasteiger partial charge on any atom is 0.270 e. The lowest BCUT2D eigenvalue weighted by Crippen LogP contribution is -2.31. The SMILES string of the molecule is COc1ccc(OCC(=O)n2ccccc2=NC(C)C)cc1. The molecule has 0 saturated carbocycles. The minimum Gasteiger partial charge on any atom is -0.497 e. The van der Waals surface area contributed by atoms with E-state index in [0.29, 0.717) is 11.2 Å². The number of carbonyl (C=O) groups is 1. The zero-order valence-corrected chi connectivity index (χ0v) is 13.0. The first-order chi connectivity index (χ1) is 10.6. The van der Waals surface area contributed by atoms with Gasteiger partial charge in [-0.3, -0.25) is 14.4 Å². The van der Waals surface area contributed by atoms with Gasteiger partial charge in [-0.2, -0.15) is 0 Å². The van der Waals surface area contributed by atoms with Crippen LogP contribution in [0.1, 0.15) is 18.6 Å². The van der Waals surface area contributed by atoms with Gasteiger partial charge in [0, 0.05) is 12.2 Å². The van der Waals surface area contributed by atoms with E-state index in [0.717, 1.165) is 5.75 Å². The Kier molecular flexibility index (Phi) is 5.36. The zero-order chi connectivity index (χ0) is 15.9. The lowest BCUT2D eigenvalue weighted by Gasteiger charge is -2.09. The number of methoxy groups -OCH3 is 1. The summed E-state index contributed by atoms with van der Waals surface area (Å²) >= 11 is 0. The fourth-order valence-electron chi connectivity index (χ4n) is 1.90. The van der Waals surface area contributed by atoms with Crippen LogP contribution < -0.4 is 15.0 Å². The molecule has 0 bridgehead atoms. The number of ether oxygens (including phenoxy) is 2. The molecule has 1 aromatic heterocycles. The molecule has 0 unspecified atom stereocenters. The fourth-order valence-corrected chi connectivity index (χ4v) is 1.90. The van der Waals surface area contributed by atoms with Gasteiger partial charge in [0.15, 0.2) is 6.61 Å². The van der Waals surface area contributed by atoms with Crippen molar-refractivity contribution < 1.29 is 14.3 Å². The van der Waals surface area contributed by atoms with Crippen molar-refractivity contribution in [2.24, 2.45) is 4.99 Å². The van der Waals surface area contributed by atoms with Gasteiger partial charge in [0.25, 0.3) is 5.91 Å². The summed E-state index contributed by atoms with van der Waals surface area (Å²) < 4.78 is 12.1. The van der Waals surface area contributed by atoms with Crippen molar-refractivity contribution in [1.29, 1.82) is 0 Å². The molecule has 22 heavy (non-hydrogen) atoms. The van der Waals surface area contributed by atoms with E-state index in [9.17, 15) is 4.79 Å². The van der Waals surface area contributed by atoms with E-state index < -0.39 is 0 Å². The summed E-state index contributed by atoms with van der Waals surface area (Å²) in [7, 11) is 1.60. The molecule has 0 spiro atoms. The normalized spacial score (nSPS) is 11.5. The summed E-state index contributed by atoms with van der Waals surface area (Å²) in [5, 5.41) is 0. The van der Waals surface area contributed by atoms with Gasteiger partial charge in [0.2, 0.25) is 0 Å². The van der Waals surface area contributed by atoms with Crippen LogP contribution in [0.25, 0.3) is 0 Å². The summed E-state index contributed by atoms with van der Waals surface area (Å²) in [4.78, 5) is 16.7. The molecule has 1 heterocycles. The number of nitrogens with zero attached hydrogens (tertiary/aromatic N) is 2. The number of pyridine rings is 1. The van der Waals surface area contributed by atoms with Crippen LogP contribution in [0.15, 0.2) is 53.7 Å². The average Bonchev–Trinajstić information content (AvgIpc) is 2.53. The Morgan fingerprint density at radius 2 is 1.82 bits per heavy atom. The highest BCUT2D eigenvalue weighted by Gasteiger charge is 2.07. The molecule has 2 rings (SSSR count). The van der Waals surface area contributed by atoms with Crippen molar-refractivity contribution in [3.05, 3.63) is 54.1 Å². The molecule has 0 atom stereocenters. The van der Waals surface area contributed by atoms with Crippen molar-refractivity contribution in [1.82, 2.24) is 4.57 Å². The average molecular weight is 300 g/mol. The van der Waals surface area contributed by atoms with E-state index in [1.807, 2.05) is 26.0 Å². The topological polar surface area (TPSA) is 52.8 Å². The first-order valence-corrected chi connectivity index (χ1v) is 7.11. The van der Waals surface area contributed by atoms with Gasteiger partial charge in [-0.1, -0.05) is 6.07 Å². The minimum atomic E-state index is -0.171. The number of benzene rings is 1. The number of rotatable bonds is 5. The van der Waals surface area contributed by atoms with Crippen LogP contribution in [0, 0.1) is 0 Å². The van der Waals surface area contributed by atoms with Crippen molar-refractivity contribution in [2.75, 3.05) is 13.7 Å². The summed E-state index contributed by atoms with van der Waals surface area (Å²) in [5.41, 5.74) is 0.626. The van der Waals surface area contributed by atoms with Crippen LogP contribution in [0.3, 0.4) is 0 Å². The molecule has 0 amide bonds. The highest BCUT2D eigenvalue weighted by molar-refractivity contribution is 5.80. The number of hydrogen-bond acceptors (Lipinski definition) is 4. The summed E-state index contributed by atoms with van der Waals surface area (Å²) in [5.74, 6) is 1.19. The van der Waals surface area contributed by atoms with Crippen LogP contribution >= 0.6 is 0 Å². The predicted octanol–water partition coefficient (Wildman–Crippen LogP) is 2.53. The molecule has 0 aliphatic heterocycles. The van der Waals surface area contributed by atoms with E-state index in [-0.39, 0.29) is 18.6 Å². The Hall–Kier alpha value is -2.56. The third kappa shape index (κ3) is 4.22. The van der Waals surface area contributed by atoms with Crippen LogP contribution in [0.5, 0.6) is 11.5 Å². The van der Waals surface area contributed by atoms with Crippen LogP contribution in [0.2, 0.25) is 0 Å². The van der Waals surface area contributed by atoms with Crippen molar-refractivity contribution in [3.8, 4) is 11.5 Å². The minimum absolute atomic E-state index is 0.0539. The highest BCUT2D eigenvalue weighted by Crippen LogP contribution is 2.16. The predicted molar refractivity (Wildman–Crippen MR) is 84.2 cm³/mol. The molecule has 0 fully saturated rings. The van der Waals surface area contributed by atoms with E-state index in [4.69, 9.17) is 9.47 Å². The van der Waals surface area contributed by atoms with Crippen LogP contribution in [0.4, 0.5) is 0 Å². The first-order valence-electron chi connectivity index (χ1n) is 7.11. The molecule has 0 aliphatic rings. The standard InChI is InChI=1S/C17H20N2O3/c1-13(2)18-16-6-4-5-11-19(16)17(20)12-22-15-9-7-14(21-3)8-10-15/h4-11,13H,12H2,1-3H3. The quantitative estimate of drug-likeness (QED) is 0.852. The third-order valence-electron chi connectivity index (χ3n) is 2.92. The molecule has 0 saturated heterocycles. The first kappa shape index (κ1) is 15.8. The van der Waals surface area contributed by atoms with Crippen molar-refractivity contribution >= 4 is 5.91 Å².